The highest BCUT2D eigenvalue weighted by Gasteiger charge is 2.36. The normalized spacial score (nSPS) is 21.3. The molecule has 1 aliphatic carbocycles. The van der Waals surface area contributed by atoms with Crippen LogP contribution in [0.3, 0.4) is 0 Å². The highest BCUT2D eigenvalue weighted by Crippen LogP contribution is 2.37. The number of para-hydroxylation sites is 1. The van der Waals surface area contributed by atoms with Crippen molar-refractivity contribution in [2.45, 2.75) is 31.9 Å². The van der Waals surface area contributed by atoms with E-state index >= 15 is 0 Å². The maximum atomic E-state index is 12.6. The van der Waals surface area contributed by atoms with E-state index in [1.807, 2.05) is 18.2 Å². The molecule has 3 N–H and O–H groups in total. The van der Waals surface area contributed by atoms with Crippen LogP contribution >= 0.6 is 0 Å². The lowest BCUT2D eigenvalue weighted by atomic mass is 9.76. The number of benzene rings is 1. The number of phenolic OH excluding ortho intramolecular Hbond substituents is 1. The molecule has 0 bridgehead atoms. The Balaban J connectivity index is 1.84. The number of aromatic nitrogens is 1. The van der Waals surface area contributed by atoms with E-state index in [-0.39, 0.29) is 35.3 Å². The monoisotopic (exact) mass is 312 g/mol. The molecule has 1 amide bonds. The lowest BCUT2D eigenvalue weighted by Gasteiger charge is -2.37. The number of aromatic hydroxyl groups is 1. The third-order valence-corrected chi connectivity index (χ3v) is 4.40. The summed E-state index contributed by atoms with van der Waals surface area (Å²) in [5.74, 6) is -0.183. The first kappa shape index (κ1) is 15.5. The fourth-order valence-corrected chi connectivity index (χ4v) is 2.96. The van der Waals surface area contributed by atoms with E-state index in [2.05, 4.69) is 10.3 Å². The molecule has 2 aromatic rings. The molecule has 1 aliphatic rings. The van der Waals surface area contributed by atoms with Gasteiger partial charge in [-0.25, -0.2) is 0 Å². The first-order valence-corrected chi connectivity index (χ1v) is 7.74. The third-order valence-electron chi connectivity index (χ3n) is 4.40. The number of nitrogens with one attached hydrogen (secondary N) is 1. The molecule has 5 nitrogen and oxygen atoms in total. The fourth-order valence-electron chi connectivity index (χ4n) is 2.96. The van der Waals surface area contributed by atoms with Crippen molar-refractivity contribution in [1.29, 1.82) is 0 Å². The number of hydrogen-bond acceptors (Lipinski definition) is 4. The Morgan fingerprint density at radius 1 is 1.26 bits per heavy atom. The summed E-state index contributed by atoms with van der Waals surface area (Å²) in [5.41, 5.74) is 1.68. The second kappa shape index (κ2) is 6.38. The highest BCUT2D eigenvalue weighted by atomic mass is 16.3. The number of phenols is 1. The zero-order chi connectivity index (χ0) is 16.4. The topological polar surface area (TPSA) is 82.5 Å². The number of aliphatic hydroxyl groups is 1. The summed E-state index contributed by atoms with van der Waals surface area (Å²) >= 11 is 0. The van der Waals surface area contributed by atoms with E-state index in [1.165, 1.54) is 0 Å². The first-order chi connectivity index (χ1) is 11.1. The molecular formula is C18H20N2O3. The molecule has 0 aliphatic heterocycles. The van der Waals surface area contributed by atoms with Crippen molar-refractivity contribution in [3.63, 3.8) is 0 Å². The van der Waals surface area contributed by atoms with Crippen molar-refractivity contribution < 1.29 is 15.0 Å². The van der Waals surface area contributed by atoms with Crippen LogP contribution in [0, 0.1) is 12.8 Å². The van der Waals surface area contributed by atoms with Gasteiger partial charge in [0.25, 0.3) is 5.91 Å². The summed E-state index contributed by atoms with van der Waals surface area (Å²) in [5, 5.41) is 22.6. The minimum atomic E-state index is -0.330. The molecule has 5 heteroatoms. The number of aryl methyl sites for hydroxylation is 1. The zero-order valence-electron chi connectivity index (χ0n) is 12.9. The number of rotatable bonds is 4. The Morgan fingerprint density at radius 2 is 2.04 bits per heavy atom. The SMILES string of the molecule is Cc1cccc(C(=O)N[C@H](c2ccccn2)C2CC(O)C2)c1O. The van der Waals surface area contributed by atoms with E-state index in [9.17, 15) is 15.0 Å². The number of amides is 1. The van der Waals surface area contributed by atoms with Gasteiger partial charge in [-0.2, -0.15) is 0 Å². The van der Waals surface area contributed by atoms with Gasteiger partial charge in [-0.15, -0.1) is 0 Å². The van der Waals surface area contributed by atoms with Gasteiger partial charge in [0.15, 0.2) is 0 Å². The number of hydrogen-bond donors (Lipinski definition) is 3. The molecule has 1 fully saturated rings. The lowest BCUT2D eigenvalue weighted by molar-refractivity contribution is 0.0228. The van der Waals surface area contributed by atoms with Crippen LogP contribution in [0.1, 0.15) is 40.5 Å². The predicted molar refractivity (Wildman–Crippen MR) is 86.0 cm³/mol. The molecule has 1 heterocycles. The van der Waals surface area contributed by atoms with Crippen molar-refractivity contribution in [2.24, 2.45) is 5.92 Å². The van der Waals surface area contributed by atoms with Crippen LogP contribution < -0.4 is 5.32 Å². The van der Waals surface area contributed by atoms with E-state index < -0.39 is 0 Å². The molecule has 0 radical (unpaired) electrons. The number of pyridine rings is 1. The van der Waals surface area contributed by atoms with Crippen molar-refractivity contribution in [3.05, 3.63) is 59.4 Å². The lowest BCUT2D eigenvalue weighted by Crippen LogP contribution is -2.41. The van der Waals surface area contributed by atoms with Crippen molar-refractivity contribution in [3.8, 4) is 5.75 Å². The molecule has 1 atom stereocenters. The summed E-state index contributed by atoms with van der Waals surface area (Å²) in [6, 6.07) is 10.4. The van der Waals surface area contributed by atoms with Crippen LogP contribution in [0.2, 0.25) is 0 Å². The molecule has 0 unspecified atom stereocenters. The van der Waals surface area contributed by atoms with Gasteiger partial charge in [0.05, 0.1) is 23.4 Å². The maximum Gasteiger partial charge on any atom is 0.255 e. The summed E-state index contributed by atoms with van der Waals surface area (Å²) in [6.45, 7) is 1.75. The second-order valence-corrected chi connectivity index (χ2v) is 6.06. The number of carbonyl (C=O) groups excluding carboxylic acids is 1. The number of carbonyl (C=O) groups is 1. The Kier molecular flexibility index (Phi) is 4.30. The largest absolute Gasteiger partial charge is 0.507 e. The highest BCUT2D eigenvalue weighted by molar-refractivity contribution is 5.97. The van der Waals surface area contributed by atoms with Crippen molar-refractivity contribution in [1.82, 2.24) is 10.3 Å². The number of aliphatic hydroxyl groups excluding tert-OH is 1. The van der Waals surface area contributed by atoms with Crippen LogP contribution in [-0.4, -0.2) is 27.2 Å². The van der Waals surface area contributed by atoms with Gasteiger partial charge in [0, 0.05) is 6.20 Å². The minimum absolute atomic E-state index is 0.00147. The summed E-state index contributed by atoms with van der Waals surface area (Å²) in [6.07, 6.45) is 2.66. The van der Waals surface area contributed by atoms with Gasteiger partial charge in [0.1, 0.15) is 5.75 Å². The standard InChI is InChI=1S/C18H20N2O3/c1-11-5-4-6-14(17(11)22)18(23)20-16(12-9-13(21)10-12)15-7-2-3-8-19-15/h2-8,12-13,16,21-22H,9-10H2,1H3,(H,20,23)/t12?,13?,16-/m0/s1. The summed E-state index contributed by atoms with van der Waals surface area (Å²) < 4.78 is 0. The molecule has 3 rings (SSSR count). The van der Waals surface area contributed by atoms with Crippen LogP contribution in [0.15, 0.2) is 42.6 Å². The smallest absolute Gasteiger partial charge is 0.255 e. The maximum absolute atomic E-state index is 12.6. The molecular weight excluding hydrogens is 292 g/mol. The quantitative estimate of drug-likeness (QED) is 0.809. The molecule has 120 valence electrons. The summed E-state index contributed by atoms with van der Waals surface area (Å²) in [7, 11) is 0. The zero-order valence-corrected chi connectivity index (χ0v) is 12.9. The van der Waals surface area contributed by atoms with Gasteiger partial charge in [-0.05, 0) is 49.4 Å². The average Bonchev–Trinajstić information content (AvgIpc) is 2.53. The minimum Gasteiger partial charge on any atom is -0.507 e. The average molecular weight is 312 g/mol. The van der Waals surface area contributed by atoms with Gasteiger partial charge in [-0.1, -0.05) is 18.2 Å². The van der Waals surface area contributed by atoms with E-state index in [0.717, 1.165) is 5.69 Å². The molecule has 1 aromatic heterocycles. The first-order valence-electron chi connectivity index (χ1n) is 7.74. The predicted octanol–water partition coefficient (Wildman–Crippen LogP) is 2.34. The van der Waals surface area contributed by atoms with Crippen LogP contribution in [0.25, 0.3) is 0 Å². The Labute approximate surface area is 135 Å². The molecule has 23 heavy (non-hydrogen) atoms. The number of nitrogens with zero attached hydrogens (tertiary/aromatic N) is 1. The van der Waals surface area contributed by atoms with Gasteiger partial charge < -0.3 is 15.5 Å². The van der Waals surface area contributed by atoms with E-state index in [1.54, 1.807) is 31.3 Å². The Bertz CT molecular complexity index is 697. The van der Waals surface area contributed by atoms with Gasteiger partial charge >= 0.3 is 0 Å². The van der Waals surface area contributed by atoms with Crippen LogP contribution in [0.5, 0.6) is 5.75 Å². The molecule has 1 aromatic carbocycles. The Hall–Kier alpha value is -2.40. The van der Waals surface area contributed by atoms with Gasteiger partial charge in [-0.3, -0.25) is 9.78 Å². The Morgan fingerprint density at radius 3 is 2.70 bits per heavy atom. The molecule has 0 spiro atoms. The fraction of sp³-hybridized carbons (Fsp3) is 0.333. The van der Waals surface area contributed by atoms with Crippen molar-refractivity contribution in [2.75, 3.05) is 0 Å². The van der Waals surface area contributed by atoms with Crippen molar-refractivity contribution >= 4 is 5.91 Å². The molecule has 1 saturated carbocycles. The molecule has 0 saturated heterocycles. The third kappa shape index (κ3) is 3.19. The van der Waals surface area contributed by atoms with Gasteiger partial charge in [0.2, 0.25) is 0 Å². The van der Waals surface area contributed by atoms with E-state index in [4.69, 9.17) is 0 Å². The van der Waals surface area contributed by atoms with Crippen LogP contribution in [0.4, 0.5) is 0 Å². The summed E-state index contributed by atoms with van der Waals surface area (Å²) in [4.78, 5) is 16.9. The van der Waals surface area contributed by atoms with Crippen LogP contribution in [-0.2, 0) is 0 Å². The van der Waals surface area contributed by atoms with E-state index in [0.29, 0.717) is 18.4 Å². The second-order valence-electron chi connectivity index (χ2n) is 6.06.